The minimum Gasteiger partial charge on any atom is -0.438 e. The van der Waals surface area contributed by atoms with E-state index in [1.165, 1.54) is 0 Å². The molecule has 3 aromatic rings. The Bertz CT molecular complexity index is 908. The van der Waals surface area contributed by atoms with Crippen molar-refractivity contribution in [2.75, 3.05) is 0 Å². The van der Waals surface area contributed by atoms with Gasteiger partial charge in [-0.15, -0.1) is 0 Å². The molecule has 5 heteroatoms. The van der Waals surface area contributed by atoms with Crippen LogP contribution in [-0.2, 0) is 9.84 Å². The van der Waals surface area contributed by atoms with E-state index in [1.807, 2.05) is 6.92 Å². The summed E-state index contributed by atoms with van der Waals surface area (Å²) < 4.78 is 31.4. The highest BCUT2D eigenvalue weighted by molar-refractivity contribution is 7.91. The number of pyridine rings is 1. The van der Waals surface area contributed by atoms with Crippen molar-refractivity contribution in [2.24, 2.45) is 0 Å². The van der Waals surface area contributed by atoms with E-state index in [4.69, 9.17) is 4.74 Å². The van der Waals surface area contributed by atoms with Crippen molar-refractivity contribution >= 4 is 9.84 Å². The number of sulfone groups is 1. The number of hydrogen-bond donors (Lipinski definition) is 0. The van der Waals surface area contributed by atoms with E-state index in [0.717, 1.165) is 5.56 Å². The molecule has 0 aliphatic rings. The van der Waals surface area contributed by atoms with E-state index in [0.29, 0.717) is 5.88 Å². The van der Waals surface area contributed by atoms with Gasteiger partial charge >= 0.3 is 0 Å². The van der Waals surface area contributed by atoms with Crippen LogP contribution in [0.5, 0.6) is 11.6 Å². The second kappa shape index (κ2) is 6.22. The number of ether oxygens (including phenoxy) is 1. The van der Waals surface area contributed by atoms with Crippen LogP contribution in [0.1, 0.15) is 5.56 Å². The van der Waals surface area contributed by atoms with Crippen LogP contribution in [0.3, 0.4) is 0 Å². The van der Waals surface area contributed by atoms with Gasteiger partial charge in [0.25, 0.3) is 0 Å². The molecule has 0 atom stereocenters. The van der Waals surface area contributed by atoms with Crippen LogP contribution in [0.15, 0.2) is 82.7 Å². The van der Waals surface area contributed by atoms with Crippen molar-refractivity contribution in [1.82, 2.24) is 4.98 Å². The summed E-state index contributed by atoms with van der Waals surface area (Å²) >= 11 is 0. The summed E-state index contributed by atoms with van der Waals surface area (Å²) in [6.07, 6.45) is 1.59. The number of nitrogens with zero attached hydrogens (tertiary/aromatic N) is 1. The normalized spacial score (nSPS) is 11.2. The molecule has 4 nitrogen and oxygen atoms in total. The quantitative estimate of drug-likeness (QED) is 0.727. The molecule has 23 heavy (non-hydrogen) atoms. The molecule has 1 aromatic heterocycles. The largest absolute Gasteiger partial charge is 0.438 e. The Morgan fingerprint density at radius 3 is 2.35 bits per heavy atom. The van der Waals surface area contributed by atoms with Gasteiger partial charge < -0.3 is 4.74 Å². The van der Waals surface area contributed by atoms with E-state index in [2.05, 4.69) is 4.98 Å². The lowest BCUT2D eigenvalue weighted by Gasteiger charge is -2.12. The molecule has 0 aliphatic carbocycles. The van der Waals surface area contributed by atoms with Gasteiger partial charge in [-0.1, -0.05) is 30.3 Å². The minimum absolute atomic E-state index is 0.125. The third kappa shape index (κ3) is 3.24. The highest BCUT2D eigenvalue weighted by atomic mass is 32.2. The fourth-order valence-corrected chi connectivity index (χ4v) is 3.55. The molecule has 0 amide bonds. The van der Waals surface area contributed by atoms with Gasteiger partial charge in [-0.25, -0.2) is 13.4 Å². The second-order valence-electron chi connectivity index (χ2n) is 5.04. The molecule has 1 heterocycles. The Labute approximate surface area is 135 Å². The molecular weight excluding hydrogens is 310 g/mol. The average molecular weight is 325 g/mol. The van der Waals surface area contributed by atoms with Gasteiger partial charge in [0.05, 0.1) is 4.90 Å². The van der Waals surface area contributed by atoms with Crippen molar-refractivity contribution in [1.29, 1.82) is 0 Å². The zero-order valence-electron chi connectivity index (χ0n) is 12.5. The van der Waals surface area contributed by atoms with Crippen LogP contribution in [0.25, 0.3) is 0 Å². The molecule has 0 saturated carbocycles. The smallest absolute Gasteiger partial charge is 0.219 e. The first-order valence-electron chi connectivity index (χ1n) is 7.07. The first-order valence-corrected chi connectivity index (χ1v) is 8.55. The summed E-state index contributed by atoms with van der Waals surface area (Å²) in [7, 11) is -3.66. The van der Waals surface area contributed by atoms with E-state index in [9.17, 15) is 8.42 Å². The predicted octanol–water partition coefficient (Wildman–Crippen LogP) is 4.02. The fourth-order valence-electron chi connectivity index (χ4n) is 2.16. The molecule has 3 rings (SSSR count). The monoisotopic (exact) mass is 325 g/mol. The van der Waals surface area contributed by atoms with Gasteiger partial charge in [-0.05, 0) is 42.8 Å². The van der Waals surface area contributed by atoms with E-state index in [1.54, 1.807) is 72.9 Å². The number of aryl methyl sites for hydroxylation is 1. The molecular formula is C18H15NO3S. The zero-order valence-corrected chi connectivity index (χ0v) is 13.3. The number of rotatable bonds is 4. The van der Waals surface area contributed by atoms with E-state index >= 15 is 0 Å². The SMILES string of the molecule is Cc1ccc(S(=O)(=O)c2ccccc2)c(Oc2ccccn2)c1. The molecule has 0 N–H and O–H groups in total. The number of aromatic nitrogens is 1. The maximum atomic E-state index is 12.9. The first kappa shape index (κ1) is 15.2. The van der Waals surface area contributed by atoms with Gasteiger partial charge in [0, 0.05) is 12.3 Å². The summed E-state index contributed by atoms with van der Waals surface area (Å²) in [5.41, 5.74) is 0.906. The molecule has 0 saturated heterocycles. The van der Waals surface area contributed by atoms with Crippen LogP contribution in [0, 0.1) is 6.92 Å². The minimum atomic E-state index is -3.66. The maximum absolute atomic E-state index is 12.9. The van der Waals surface area contributed by atoms with E-state index in [-0.39, 0.29) is 15.5 Å². The summed E-state index contributed by atoms with van der Waals surface area (Å²) in [4.78, 5) is 4.44. The lowest BCUT2D eigenvalue weighted by atomic mass is 10.2. The third-order valence-electron chi connectivity index (χ3n) is 3.29. The topological polar surface area (TPSA) is 56.3 Å². The molecule has 0 unspecified atom stereocenters. The summed E-state index contributed by atoms with van der Waals surface area (Å²) in [5, 5.41) is 0. The first-order chi connectivity index (χ1) is 11.1. The Morgan fingerprint density at radius 1 is 0.913 bits per heavy atom. The molecule has 0 aliphatic heterocycles. The molecule has 0 spiro atoms. The molecule has 0 fully saturated rings. The third-order valence-corrected chi connectivity index (χ3v) is 5.10. The Morgan fingerprint density at radius 2 is 1.65 bits per heavy atom. The fraction of sp³-hybridized carbons (Fsp3) is 0.0556. The van der Waals surface area contributed by atoms with Gasteiger partial charge in [-0.3, -0.25) is 0 Å². The van der Waals surface area contributed by atoms with Crippen LogP contribution >= 0.6 is 0 Å². The number of benzene rings is 2. The van der Waals surface area contributed by atoms with Gasteiger partial charge in [-0.2, -0.15) is 0 Å². The Balaban J connectivity index is 2.10. The average Bonchev–Trinajstić information content (AvgIpc) is 2.56. The molecule has 0 bridgehead atoms. The lowest BCUT2D eigenvalue weighted by Crippen LogP contribution is -2.04. The predicted molar refractivity (Wildman–Crippen MR) is 87.4 cm³/mol. The van der Waals surface area contributed by atoms with Crippen LogP contribution in [0.2, 0.25) is 0 Å². The second-order valence-corrected chi connectivity index (χ2v) is 6.95. The Kier molecular flexibility index (Phi) is 4.12. The Hall–Kier alpha value is -2.66. The van der Waals surface area contributed by atoms with Gasteiger partial charge in [0.1, 0.15) is 10.6 Å². The molecule has 2 aromatic carbocycles. The van der Waals surface area contributed by atoms with Crippen molar-refractivity contribution in [3.8, 4) is 11.6 Å². The molecule has 0 radical (unpaired) electrons. The van der Waals surface area contributed by atoms with Gasteiger partial charge in [0.2, 0.25) is 15.7 Å². The van der Waals surface area contributed by atoms with Crippen molar-refractivity contribution in [3.05, 3.63) is 78.5 Å². The number of hydrogen-bond acceptors (Lipinski definition) is 4. The summed E-state index contributed by atoms with van der Waals surface area (Å²) in [6.45, 7) is 1.88. The van der Waals surface area contributed by atoms with Crippen LogP contribution in [-0.4, -0.2) is 13.4 Å². The van der Waals surface area contributed by atoms with Crippen molar-refractivity contribution in [3.63, 3.8) is 0 Å². The van der Waals surface area contributed by atoms with Gasteiger partial charge in [0.15, 0.2) is 0 Å². The van der Waals surface area contributed by atoms with Crippen LogP contribution in [0.4, 0.5) is 0 Å². The van der Waals surface area contributed by atoms with E-state index < -0.39 is 9.84 Å². The van der Waals surface area contributed by atoms with Crippen molar-refractivity contribution in [2.45, 2.75) is 16.7 Å². The van der Waals surface area contributed by atoms with Crippen LogP contribution < -0.4 is 4.74 Å². The summed E-state index contributed by atoms with van der Waals surface area (Å²) in [5.74, 6) is 0.621. The lowest BCUT2D eigenvalue weighted by molar-refractivity contribution is 0.449. The van der Waals surface area contributed by atoms with Crippen molar-refractivity contribution < 1.29 is 13.2 Å². The standard InChI is InChI=1S/C18H15NO3S/c1-14-10-11-17(23(20,21)15-7-3-2-4-8-15)16(13-14)22-18-9-5-6-12-19-18/h2-13H,1H3. The maximum Gasteiger partial charge on any atom is 0.219 e. The highest BCUT2D eigenvalue weighted by Crippen LogP contribution is 2.32. The molecule has 116 valence electrons. The highest BCUT2D eigenvalue weighted by Gasteiger charge is 2.22. The summed E-state index contributed by atoms with van der Waals surface area (Å²) in [6, 6.07) is 18.6. The zero-order chi connectivity index (χ0) is 16.3.